The van der Waals surface area contributed by atoms with E-state index >= 15 is 0 Å². The summed E-state index contributed by atoms with van der Waals surface area (Å²) in [6, 6.07) is 3.53. The van der Waals surface area contributed by atoms with Gasteiger partial charge in [-0.15, -0.1) is 11.3 Å². The van der Waals surface area contributed by atoms with Gasteiger partial charge in [-0.3, -0.25) is 14.9 Å². The number of nitrogens with zero attached hydrogens (tertiary/aromatic N) is 1. The number of aromatic nitrogens is 1. The number of nitrogens with one attached hydrogen (secondary N) is 2. The third kappa shape index (κ3) is 4.41. The highest BCUT2D eigenvalue weighted by molar-refractivity contribution is 7.14. The molecular weight excluding hydrogens is 314 g/mol. The highest BCUT2D eigenvalue weighted by Gasteiger charge is 2.17. The Morgan fingerprint density at radius 1 is 1.30 bits per heavy atom. The first-order chi connectivity index (χ1) is 11.2. The maximum Gasteiger partial charge on any atom is 0.293 e. The van der Waals surface area contributed by atoms with E-state index in [9.17, 15) is 9.59 Å². The summed E-state index contributed by atoms with van der Waals surface area (Å²) >= 11 is 1.30. The number of rotatable bonds is 5. The van der Waals surface area contributed by atoms with Crippen molar-refractivity contribution in [3.63, 3.8) is 0 Å². The SMILES string of the molecule is O=C(Cc1csc(NC(=O)c2ccco2)n1)NC1CCCCC1. The molecule has 1 aliphatic rings. The van der Waals surface area contributed by atoms with Crippen LogP contribution in [0.4, 0.5) is 5.13 Å². The molecule has 2 heterocycles. The van der Waals surface area contributed by atoms with E-state index in [1.807, 2.05) is 0 Å². The number of hydrogen-bond donors (Lipinski definition) is 2. The first kappa shape index (κ1) is 15.7. The molecule has 0 bridgehead atoms. The van der Waals surface area contributed by atoms with E-state index in [-0.39, 0.29) is 24.0 Å². The van der Waals surface area contributed by atoms with Crippen molar-refractivity contribution in [2.75, 3.05) is 5.32 Å². The Morgan fingerprint density at radius 2 is 2.13 bits per heavy atom. The molecule has 23 heavy (non-hydrogen) atoms. The summed E-state index contributed by atoms with van der Waals surface area (Å²) in [5, 5.41) is 7.98. The largest absolute Gasteiger partial charge is 0.459 e. The molecular formula is C16H19N3O3S. The average Bonchev–Trinajstić information content (AvgIpc) is 3.20. The third-order valence-corrected chi connectivity index (χ3v) is 4.64. The van der Waals surface area contributed by atoms with E-state index in [0.29, 0.717) is 16.9 Å². The zero-order valence-corrected chi connectivity index (χ0v) is 13.5. The van der Waals surface area contributed by atoms with Gasteiger partial charge in [-0.2, -0.15) is 0 Å². The Hall–Kier alpha value is -2.15. The molecule has 7 heteroatoms. The molecule has 0 radical (unpaired) electrons. The summed E-state index contributed by atoms with van der Waals surface area (Å²) in [5.74, 6) is -0.120. The van der Waals surface area contributed by atoms with Crippen molar-refractivity contribution in [3.05, 3.63) is 35.2 Å². The highest BCUT2D eigenvalue weighted by Crippen LogP contribution is 2.19. The lowest BCUT2D eigenvalue weighted by atomic mass is 9.95. The molecule has 2 amide bonds. The van der Waals surface area contributed by atoms with Crippen LogP contribution < -0.4 is 10.6 Å². The van der Waals surface area contributed by atoms with Crippen molar-refractivity contribution < 1.29 is 14.0 Å². The average molecular weight is 333 g/mol. The van der Waals surface area contributed by atoms with E-state index in [4.69, 9.17) is 4.42 Å². The molecule has 1 aliphatic carbocycles. The minimum absolute atomic E-state index is 0.00823. The molecule has 122 valence electrons. The van der Waals surface area contributed by atoms with Crippen molar-refractivity contribution in [2.24, 2.45) is 0 Å². The Morgan fingerprint density at radius 3 is 2.87 bits per heavy atom. The predicted molar refractivity (Wildman–Crippen MR) is 87.5 cm³/mol. The van der Waals surface area contributed by atoms with Crippen molar-refractivity contribution in [1.29, 1.82) is 0 Å². The number of anilines is 1. The number of carbonyl (C=O) groups excluding carboxylic acids is 2. The van der Waals surface area contributed by atoms with Crippen molar-refractivity contribution in [2.45, 2.75) is 44.6 Å². The highest BCUT2D eigenvalue weighted by atomic mass is 32.1. The molecule has 2 aromatic heterocycles. The first-order valence-corrected chi connectivity index (χ1v) is 8.67. The molecule has 1 saturated carbocycles. The summed E-state index contributed by atoms with van der Waals surface area (Å²) in [6.07, 6.45) is 7.44. The van der Waals surface area contributed by atoms with E-state index in [2.05, 4.69) is 15.6 Å². The second-order valence-corrected chi connectivity index (χ2v) is 6.51. The number of carbonyl (C=O) groups is 2. The molecule has 2 N–H and O–H groups in total. The van der Waals surface area contributed by atoms with E-state index in [0.717, 1.165) is 12.8 Å². The molecule has 6 nitrogen and oxygen atoms in total. The molecule has 2 aromatic rings. The lowest BCUT2D eigenvalue weighted by Crippen LogP contribution is -2.37. The lowest BCUT2D eigenvalue weighted by Gasteiger charge is -2.22. The Kier molecular flexibility index (Phi) is 5.07. The van der Waals surface area contributed by atoms with Crippen LogP contribution in [0.2, 0.25) is 0 Å². The Balaban J connectivity index is 1.50. The second kappa shape index (κ2) is 7.41. The minimum Gasteiger partial charge on any atom is -0.459 e. The van der Waals surface area contributed by atoms with Gasteiger partial charge in [0.2, 0.25) is 5.91 Å². The van der Waals surface area contributed by atoms with Crippen LogP contribution in [0.5, 0.6) is 0 Å². The number of furan rings is 1. The van der Waals surface area contributed by atoms with Gasteiger partial charge in [-0.25, -0.2) is 4.98 Å². The molecule has 0 atom stereocenters. The maximum atomic E-state index is 12.1. The van der Waals surface area contributed by atoms with E-state index in [1.54, 1.807) is 17.5 Å². The molecule has 0 saturated heterocycles. The van der Waals surface area contributed by atoms with Crippen molar-refractivity contribution in [3.8, 4) is 0 Å². The Bertz CT molecular complexity index is 660. The summed E-state index contributed by atoms with van der Waals surface area (Å²) in [7, 11) is 0. The zero-order valence-electron chi connectivity index (χ0n) is 12.7. The Labute approximate surface area is 138 Å². The van der Waals surface area contributed by atoms with Crippen LogP contribution >= 0.6 is 11.3 Å². The molecule has 0 aliphatic heterocycles. The van der Waals surface area contributed by atoms with Gasteiger partial charge in [-0.05, 0) is 25.0 Å². The standard InChI is InChI=1S/C16H19N3O3S/c20-14(17-11-5-2-1-3-6-11)9-12-10-23-16(18-12)19-15(21)13-7-4-8-22-13/h4,7-8,10-11H,1-3,5-6,9H2,(H,17,20)(H,18,19,21). The van der Waals surface area contributed by atoms with Gasteiger partial charge in [0, 0.05) is 11.4 Å². The number of hydrogen-bond acceptors (Lipinski definition) is 5. The number of amides is 2. The van der Waals surface area contributed by atoms with Crippen LogP contribution in [0, 0.1) is 0 Å². The van der Waals surface area contributed by atoms with Gasteiger partial charge in [0.15, 0.2) is 10.9 Å². The van der Waals surface area contributed by atoms with Crippen molar-refractivity contribution >= 4 is 28.3 Å². The molecule has 1 fully saturated rings. The monoisotopic (exact) mass is 333 g/mol. The first-order valence-electron chi connectivity index (χ1n) is 7.79. The molecule has 0 unspecified atom stereocenters. The van der Waals surface area contributed by atoms with Gasteiger partial charge in [0.1, 0.15) is 0 Å². The lowest BCUT2D eigenvalue weighted by molar-refractivity contribution is -0.121. The van der Waals surface area contributed by atoms with Crippen LogP contribution in [-0.4, -0.2) is 22.8 Å². The molecule has 0 spiro atoms. The smallest absolute Gasteiger partial charge is 0.293 e. The summed E-state index contributed by atoms with van der Waals surface area (Å²) < 4.78 is 5.02. The fraction of sp³-hybridized carbons (Fsp3) is 0.438. The van der Waals surface area contributed by atoms with Crippen LogP contribution in [0.3, 0.4) is 0 Å². The van der Waals surface area contributed by atoms with Crippen LogP contribution in [0.15, 0.2) is 28.2 Å². The molecule has 0 aromatic carbocycles. The normalized spacial score (nSPS) is 15.3. The third-order valence-electron chi connectivity index (χ3n) is 3.83. The summed E-state index contributed by atoms with van der Waals surface area (Å²) in [5.41, 5.74) is 0.665. The fourth-order valence-corrected chi connectivity index (χ4v) is 3.41. The van der Waals surface area contributed by atoms with Gasteiger partial charge >= 0.3 is 0 Å². The van der Waals surface area contributed by atoms with E-state index in [1.165, 1.54) is 36.9 Å². The van der Waals surface area contributed by atoms with Crippen LogP contribution in [0.1, 0.15) is 48.4 Å². The predicted octanol–water partition coefficient (Wildman–Crippen LogP) is 2.98. The maximum absolute atomic E-state index is 12.1. The van der Waals surface area contributed by atoms with Crippen LogP contribution in [0.25, 0.3) is 0 Å². The quantitative estimate of drug-likeness (QED) is 0.881. The molecule has 3 rings (SSSR count). The van der Waals surface area contributed by atoms with Gasteiger partial charge < -0.3 is 9.73 Å². The topological polar surface area (TPSA) is 84.2 Å². The number of thiazole rings is 1. The van der Waals surface area contributed by atoms with Crippen LogP contribution in [-0.2, 0) is 11.2 Å². The van der Waals surface area contributed by atoms with Gasteiger partial charge in [0.25, 0.3) is 5.91 Å². The summed E-state index contributed by atoms with van der Waals surface area (Å²) in [4.78, 5) is 28.2. The summed E-state index contributed by atoms with van der Waals surface area (Å²) in [6.45, 7) is 0. The van der Waals surface area contributed by atoms with Gasteiger partial charge in [-0.1, -0.05) is 19.3 Å². The van der Waals surface area contributed by atoms with Gasteiger partial charge in [0.05, 0.1) is 18.4 Å². The minimum atomic E-state index is -0.345. The van der Waals surface area contributed by atoms with Crippen molar-refractivity contribution in [1.82, 2.24) is 10.3 Å². The fourth-order valence-electron chi connectivity index (χ4n) is 2.70. The zero-order chi connectivity index (χ0) is 16.1. The van der Waals surface area contributed by atoms with E-state index < -0.39 is 0 Å². The second-order valence-electron chi connectivity index (χ2n) is 5.65.